The molecule has 0 aliphatic carbocycles. The minimum absolute atomic E-state index is 0.0859. The monoisotopic (exact) mass is 397 g/mol. The highest BCUT2D eigenvalue weighted by Crippen LogP contribution is 2.26. The van der Waals surface area contributed by atoms with Gasteiger partial charge in [0.05, 0.1) is 11.5 Å². The summed E-state index contributed by atoms with van der Waals surface area (Å²) in [6.07, 6.45) is 0. The SMILES string of the molecule is Cc1cccc(C(=O)NCc2nnc(SCc3ccccc3[N+](=O)[O-])n2C)c1. The normalized spacial score (nSPS) is 10.6. The summed E-state index contributed by atoms with van der Waals surface area (Å²) in [5, 5.41) is 22.8. The molecule has 144 valence electrons. The molecule has 3 aromatic rings. The number of thioether (sulfide) groups is 1. The van der Waals surface area contributed by atoms with E-state index in [1.807, 2.05) is 25.1 Å². The molecule has 0 bridgehead atoms. The van der Waals surface area contributed by atoms with Crippen molar-refractivity contribution >= 4 is 23.4 Å². The van der Waals surface area contributed by atoms with E-state index < -0.39 is 4.92 Å². The zero-order valence-corrected chi connectivity index (χ0v) is 16.3. The maximum atomic E-state index is 12.3. The molecule has 0 aliphatic heterocycles. The number of carbonyl (C=O) groups excluding carboxylic acids is 1. The number of nitrogens with zero attached hydrogens (tertiary/aromatic N) is 4. The average Bonchev–Trinajstić information content (AvgIpc) is 3.04. The molecule has 9 heteroatoms. The summed E-state index contributed by atoms with van der Waals surface area (Å²) in [7, 11) is 1.80. The molecule has 0 saturated carbocycles. The molecule has 0 fully saturated rings. The third-order valence-corrected chi connectivity index (χ3v) is 5.23. The molecule has 0 aliphatic rings. The van der Waals surface area contributed by atoms with Crippen LogP contribution >= 0.6 is 11.8 Å². The van der Waals surface area contributed by atoms with Crippen molar-refractivity contribution in [2.45, 2.75) is 24.4 Å². The first kappa shape index (κ1) is 19.6. The van der Waals surface area contributed by atoms with Gasteiger partial charge in [0.1, 0.15) is 0 Å². The van der Waals surface area contributed by atoms with Gasteiger partial charge in [0.2, 0.25) is 0 Å². The number of hydrogen-bond donors (Lipinski definition) is 1. The number of para-hydroxylation sites is 1. The van der Waals surface area contributed by atoms with E-state index in [2.05, 4.69) is 15.5 Å². The van der Waals surface area contributed by atoms with Gasteiger partial charge in [0, 0.05) is 30.0 Å². The third-order valence-electron chi connectivity index (χ3n) is 4.16. The van der Waals surface area contributed by atoms with Crippen LogP contribution in [0.3, 0.4) is 0 Å². The van der Waals surface area contributed by atoms with Crippen molar-refractivity contribution in [3.8, 4) is 0 Å². The van der Waals surface area contributed by atoms with Crippen molar-refractivity contribution in [3.05, 3.63) is 81.2 Å². The predicted octanol–water partition coefficient (Wildman–Crippen LogP) is 3.25. The first-order valence-corrected chi connectivity index (χ1v) is 9.52. The summed E-state index contributed by atoms with van der Waals surface area (Å²) < 4.78 is 1.77. The first-order valence-electron chi connectivity index (χ1n) is 8.54. The minimum Gasteiger partial charge on any atom is -0.345 e. The van der Waals surface area contributed by atoms with E-state index >= 15 is 0 Å². The lowest BCUT2D eigenvalue weighted by molar-refractivity contribution is -0.385. The van der Waals surface area contributed by atoms with Gasteiger partial charge in [-0.05, 0) is 19.1 Å². The van der Waals surface area contributed by atoms with Crippen LogP contribution in [0.1, 0.15) is 27.3 Å². The molecule has 0 unspecified atom stereocenters. The first-order chi connectivity index (χ1) is 13.5. The number of nitro groups is 1. The molecule has 0 saturated heterocycles. The topological polar surface area (TPSA) is 103 Å². The molecule has 1 heterocycles. The van der Waals surface area contributed by atoms with Crippen molar-refractivity contribution in [3.63, 3.8) is 0 Å². The van der Waals surface area contributed by atoms with Crippen molar-refractivity contribution in [2.24, 2.45) is 7.05 Å². The van der Waals surface area contributed by atoms with E-state index in [0.717, 1.165) is 5.56 Å². The fourth-order valence-electron chi connectivity index (χ4n) is 2.63. The van der Waals surface area contributed by atoms with Crippen LogP contribution in [0.25, 0.3) is 0 Å². The highest BCUT2D eigenvalue weighted by Gasteiger charge is 2.15. The van der Waals surface area contributed by atoms with Gasteiger partial charge in [-0.3, -0.25) is 14.9 Å². The maximum absolute atomic E-state index is 12.3. The van der Waals surface area contributed by atoms with Gasteiger partial charge < -0.3 is 9.88 Å². The molecule has 1 aromatic heterocycles. The second-order valence-electron chi connectivity index (χ2n) is 6.18. The number of aryl methyl sites for hydroxylation is 1. The lowest BCUT2D eigenvalue weighted by Crippen LogP contribution is -2.24. The fraction of sp³-hybridized carbons (Fsp3) is 0.211. The summed E-state index contributed by atoms with van der Waals surface area (Å²) in [5.41, 5.74) is 2.31. The van der Waals surface area contributed by atoms with E-state index in [4.69, 9.17) is 0 Å². The van der Waals surface area contributed by atoms with Crippen LogP contribution in [-0.4, -0.2) is 25.6 Å². The number of hydrogen-bond acceptors (Lipinski definition) is 6. The average molecular weight is 397 g/mol. The van der Waals surface area contributed by atoms with Gasteiger partial charge in [-0.25, -0.2) is 0 Å². The Morgan fingerprint density at radius 2 is 2.00 bits per heavy atom. The van der Waals surface area contributed by atoms with Crippen LogP contribution in [0.2, 0.25) is 0 Å². The van der Waals surface area contributed by atoms with E-state index in [0.29, 0.717) is 27.9 Å². The number of aromatic nitrogens is 3. The number of nitro benzene ring substituents is 1. The lowest BCUT2D eigenvalue weighted by atomic mass is 10.1. The van der Waals surface area contributed by atoms with Crippen LogP contribution in [0.4, 0.5) is 5.69 Å². The van der Waals surface area contributed by atoms with Gasteiger partial charge in [-0.15, -0.1) is 10.2 Å². The molecular formula is C19H19N5O3S. The predicted molar refractivity (Wildman–Crippen MR) is 106 cm³/mol. The molecule has 28 heavy (non-hydrogen) atoms. The summed E-state index contributed by atoms with van der Waals surface area (Å²) in [5.74, 6) is 0.825. The van der Waals surface area contributed by atoms with Crippen molar-refractivity contribution in [1.29, 1.82) is 0 Å². The number of nitrogens with one attached hydrogen (secondary N) is 1. The lowest BCUT2D eigenvalue weighted by Gasteiger charge is -2.07. The second kappa shape index (κ2) is 8.66. The molecular weight excluding hydrogens is 378 g/mol. The van der Waals surface area contributed by atoms with E-state index in [-0.39, 0.29) is 18.1 Å². The molecule has 1 N–H and O–H groups in total. The number of rotatable bonds is 7. The maximum Gasteiger partial charge on any atom is 0.273 e. The smallest absolute Gasteiger partial charge is 0.273 e. The van der Waals surface area contributed by atoms with Gasteiger partial charge >= 0.3 is 0 Å². The van der Waals surface area contributed by atoms with E-state index in [1.165, 1.54) is 17.8 Å². The molecule has 1 amide bonds. The van der Waals surface area contributed by atoms with Crippen molar-refractivity contribution < 1.29 is 9.72 Å². The summed E-state index contributed by atoms with van der Waals surface area (Å²) in [4.78, 5) is 23.0. The highest BCUT2D eigenvalue weighted by atomic mass is 32.2. The van der Waals surface area contributed by atoms with Crippen LogP contribution in [0.5, 0.6) is 0 Å². The Morgan fingerprint density at radius 1 is 1.21 bits per heavy atom. The number of carbonyl (C=O) groups is 1. The quantitative estimate of drug-likeness (QED) is 0.373. The fourth-order valence-corrected chi connectivity index (χ4v) is 3.55. The van der Waals surface area contributed by atoms with Gasteiger partial charge in [-0.2, -0.15) is 0 Å². The van der Waals surface area contributed by atoms with Crippen molar-refractivity contribution in [1.82, 2.24) is 20.1 Å². The van der Waals surface area contributed by atoms with Crippen LogP contribution in [0.15, 0.2) is 53.7 Å². The molecule has 8 nitrogen and oxygen atoms in total. The number of benzene rings is 2. The Hall–Kier alpha value is -3.20. The standard InChI is InChI=1S/C19H19N5O3S/c1-13-6-5-8-14(10-13)18(25)20-11-17-21-22-19(23(17)2)28-12-15-7-3-4-9-16(15)24(26)27/h3-10H,11-12H2,1-2H3,(H,20,25). The molecule has 0 spiro atoms. The zero-order chi connectivity index (χ0) is 20.1. The van der Waals surface area contributed by atoms with Crippen LogP contribution in [0, 0.1) is 17.0 Å². The largest absolute Gasteiger partial charge is 0.345 e. The minimum atomic E-state index is -0.390. The second-order valence-corrected chi connectivity index (χ2v) is 7.13. The van der Waals surface area contributed by atoms with Gasteiger partial charge in [0.25, 0.3) is 11.6 Å². The molecule has 2 aromatic carbocycles. The molecule has 0 atom stereocenters. The Bertz CT molecular complexity index is 1020. The van der Waals surface area contributed by atoms with E-state index in [9.17, 15) is 14.9 Å². The number of amides is 1. The van der Waals surface area contributed by atoms with Crippen molar-refractivity contribution in [2.75, 3.05) is 0 Å². The summed E-state index contributed by atoms with van der Waals surface area (Å²) in [6, 6.07) is 14.0. The van der Waals surface area contributed by atoms with Crippen LogP contribution < -0.4 is 5.32 Å². The summed E-state index contributed by atoms with van der Waals surface area (Å²) in [6.45, 7) is 2.17. The van der Waals surface area contributed by atoms with Gasteiger partial charge in [0.15, 0.2) is 11.0 Å². The van der Waals surface area contributed by atoms with Crippen LogP contribution in [-0.2, 0) is 19.3 Å². The highest BCUT2D eigenvalue weighted by molar-refractivity contribution is 7.98. The molecule has 3 rings (SSSR count). The zero-order valence-electron chi connectivity index (χ0n) is 15.5. The van der Waals surface area contributed by atoms with E-state index in [1.54, 1.807) is 35.9 Å². The third kappa shape index (κ3) is 4.55. The van der Waals surface area contributed by atoms with Gasteiger partial charge in [-0.1, -0.05) is 47.7 Å². The Kier molecular flexibility index (Phi) is 6.05. The Labute approximate surface area is 166 Å². The Balaban J connectivity index is 1.63. The molecule has 0 radical (unpaired) electrons. The Morgan fingerprint density at radius 3 is 2.75 bits per heavy atom. The summed E-state index contributed by atoms with van der Waals surface area (Å²) >= 11 is 1.36.